The number of amides is 2. The Morgan fingerprint density at radius 3 is 2.67 bits per heavy atom. The highest BCUT2D eigenvalue weighted by molar-refractivity contribution is 7.07. The number of aliphatic hydroxyl groups excluding tert-OH is 1. The third-order valence-corrected chi connectivity index (χ3v) is 3.02. The van der Waals surface area contributed by atoms with Crippen LogP contribution < -0.4 is 10.6 Å². The minimum absolute atomic E-state index is 0.118. The summed E-state index contributed by atoms with van der Waals surface area (Å²) in [6.45, 7) is 1.19. The number of carbonyl (C=O) groups excluding carboxylic acids is 1. The van der Waals surface area contributed by atoms with Gasteiger partial charge in [-0.15, -0.1) is 0 Å². The number of nitrogens with one attached hydrogen (secondary N) is 2. The highest BCUT2D eigenvalue weighted by Gasteiger charge is 2.19. The molecule has 0 saturated heterocycles. The van der Waals surface area contributed by atoms with Gasteiger partial charge in [-0.1, -0.05) is 0 Å². The molecule has 2 atom stereocenters. The third kappa shape index (κ3) is 4.72. The van der Waals surface area contributed by atoms with E-state index in [0.29, 0.717) is 6.42 Å². The lowest BCUT2D eigenvalue weighted by molar-refractivity contribution is -0.140. The summed E-state index contributed by atoms with van der Waals surface area (Å²) in [5.41, 5.74) is 1.12. The molecule has 0 spiro atoms. The molecule has 0 saturated carbocycles. The van der Waals surface area contributed by atoms with Crippen molar-refractivity contribution in [3.63, 3.8) is 0 Å². The average Bonchev–Trinajstić information content (AvgIpc) is 2.77. The van der Waals surface area contributed by atoms with Crippen LogP contribution in [0.3, 0.4) is 0 Å². The third-order valence-electron chi connectivity index (χ3n) is 2.29. The number of urea groups is 1. The number of aliphatic hydroxyl groups is 1. The van der Waals surface area contributed by atoms with Crippen molar-refractivity contribution < 1.29 is 19.8 Å². The molecule has 1 aromatic heterocycles. The number of thiophene rings is 1. The van der Waals surface area contributed by atoms with Gasteiger partial charge < -0.3 is 20.8 Å². The summed E-state index contributed by atoms with van der Waals surface area (Å²) >= 11 is 1.58. The van der Waals surface area contributed by atoms with Gasteiger partial charge in [-0.05, 0) is 35.7 Å². The van der Waals surface area contributed by atoms with Crippen molar-refractivity contribution in [3.05, 3.63) is 22.4 Å². The van der Waals surface area contributed by atoms with E-state index in [2.05, 4.69) is 10.6 Å². The number of carbonyl (C=O) groups is 2. The molecule has 0 aromatic carbocycles. The van der Waals surface area contributed by atoms with E-state index in [0.717, 1.165) is 5.56 Å². The van der Waals surface area contributed by atoms with Crippen LogP contribution in [0.1, 0.15) is 12.5 Å². The second kappa shape index (κ2) is 6.97. The molecule has 1 rings (SSSR count). The minimum atomic E-state index is -1.28. The number of carboxylic acids is 1. The van der Waals surface area contributed by atoms with Gasteiger partial charge in [-0.25, -0.2) is 9.59 Å². The highest BCUT2D eigenvalue weighted by Crippen LogP contribution is 2.08. The number of rotatable bonds is 6. The van der Waals surface area contributed by atoms with E-state index in [4.69, 9.17) is 10.2 Å². The lowest BCUT2D eigenvalue weighted by atomic mass is 10.1. The molecule has 0 aliphatic heterocycles. The Labute approximate surface area is 109 Å². The van der Waals surface area contributed by atoms with E-state index in [-0.39, 0.29) is 6.04 Å². The summed E-state index contributed by atoms with van der Waals surface area (Å²) in [5.74, 6) is -1.27. The van der Waals surface area contributed by atoms with Gasteiger partial charge in [0, 0.05) is 6.04 Å². The zero-order chi connectivity index (χ0) is 13.5. The minimum Gasteiger partial charge on any atom is -0.480 e. The number of aliphatic carboxylic acids is 1. The predicted molar refractivity (Wildman–Crippen MR) is 67.7 cm³/mol. The summed E-state index contributed by atoms with van der Waals surface area (Å²) < 4.78 is 0. The van der Waals surface area contributed by atoms with Gasteiger partial charge in [0.1, 0.15) is 0 Å². The predicted octanol–water partition coefficient (Wildman–Crippen LogP) is 0.424. The van der Waals surface area contributed by atoms with Crippen LogP contribution in [0.5, 0.6) is 0 Å². The van der Waals surface area contributed by atoms with Crippen LogP contribution in [0.4, 0.5) is 4.79 Å². The van der Waals surface area contributed by atoms with Crippen LogP contribution in [-0.2, 0) is 11.2 Å². The maximum absolute atomic E-state index is 11.5. The van der Waals surface area contributed by atoms with E-state index >= 15 is 0 Å². The first-order valence-electron chi connectivity index (χ1n) is 5.44. The summed E-state index contributed by atoms with van der Waals surface area (Å²) in [7, 11) is 0. The molecule has 2 amide bonds. The molecule has 0 aliphatic carbocycles. The number of carboxylic acid groups (broad SMARTS) is 1. The molecule has 1 aromatic rings. The Hall–Kier alpha value is -1.60. The molecule has 1 unspecified atom stereocenters. The van der Waals surface area contributed by atoms with Crippen molar-refractivity contribution in [2.24, 2.45) is 0 Å². The van der Waals surface area contributed by atoms with Gasteiger partial charge in [0.05, 0.1) is 6.61 Å². The first kappa shape index (κ1) is 14.5. The van der Waals surface area contributed by atoms with E-state index < -0.39 is 24.6 Å². The van der Waals surface area contributed by atoms with Gasteiger partial charge in [-0.3, -0.25) is 0 Å². The molecule has 7 heteroatoms. The molecule has 18 heavy (non-hydrogen) atoms. The Morgan fingerprint density at radius 1 is 1.44 bits per heavy atom. The molecule has 0 aliphatic rings. The number of hydrogen-bond donors (Lipinski definition) is 4. The van der Waals surface area contributed by atoms with Crippen LogP contribution in [-0.4, -0.2) is 40.9 Å². The lowest BCUT2D eigenvalue weighted by Gasteiger charge is -2.16. The van der Waals surface area contributed by atoms with Crippen LogP contribution in [0.25, 0.3) is 0 Å². The first-order chi connectivity index (χ1) is 8.52. The SMILES string of the molecule is CC(Cc1ccsc1)NC(=O)N[C@@H](CO)C(=O)O. The molecule has 100 valence electrons. The van der Waals surface area contributed by atoms with E-state index in [9.17, 15) is 9.59 Å². The van der Waals surface area contributed by atoms with Crippen LogP contribution in [0, 0.1) is 0 Å². The fourth-order valence-electron chi connectivity index (χ4n) is 1.42. The largest absolute Gasteiger partial charge is 0.480 e. The zero-order valence-electron chi connectivity index (χ0n) is 9.92. The van der Waals surface area contributed by atoms with E-state index in [1.54, 1.807) is 11.3 Å². The van der Waals surface area contributed by atoms with Crippen LogP contribution >= 0.6 is 11.3 Å². The van der Waals surface area contributed by atoms with Gasteiger partial charge in [0.15, 0.2) is 6.04 Å². The molecule has 1 heterocycles. The second-order valence-corrected chi connectivity index (χ2v) is 4.71. The molecule has 0 fully saturated rings. The fourth-order valence-corrected chi connectivity index (χ4v) is 2.10. The maximum atomic E-state index is 11.5. The summed E-state index contributed by atoms with van der Waals surface area (Å²) in [4.78, 5) is 22.1. The van der Waals surface area contributed by atoms with Crippen molar-refractivity contribution in [2.45, 2.75) is 25.4 Å². The Kier molecular flexibility index (Phi) is 5.60. The first-order valence-corrected chi connectivity index (χ1v) is 6.39. The van der Waals surface area contributed by atoms with Crippen molar-refractivity contribution >= 4 is 23.3 Å². The average molecular weight is 272 g/mol. The van der Waals surface area contributed by atoms with Crippen molar-refractivity contribution in [2.75, 3.05) is 6.61 Å². The second-order valence-electron chi connectivity index (χ2n) is 3.93. The highest BCUT2D eigenvalue weighted by atomic mass is 32.1. The van der Waals surface area contributed by atoms with Gasteiger partial charge >= 0.3 is 12.0 Å². The molecular formula is C11H16N2O4S. The summed E-state index contributed by atoms with van der Waals surface area (Å²) in [5, 5.41) is 26.2. The van der Waals surface area contributed by atoms with Crippen molar-refractivity contribution in [3.8, 4) is 0 Å². The standard InChI is InChI=1S/C11H16N2O4S/c1-7(4-8-2-3-18-6-8)12-11(17)13-9(5-14)10(15)16/h2-3,6-7,9,14H,4-5H2,1H3,(H,15,16)(H2,12,13,17)/t7?,9-/m0/s1. The Bertz CT molecular complexity index is 394. The Morgan fingerprint density at radius 2 is 2.17 bits per heavy atom. The molecule has 4 N–H and O–H groups in total. The maximum Gasteiger partial charge on any atom is 0.328 e. The molecular weight excluding hydrogens is 256 g/mol. The molecule has 0 bridgehead atoms. The quantitative estimate of drug-likeness (QED) is 0.603. The van der Waals surface area contributed by atoms with Crippen LogP contribution in [0.15, 0.2) is 16.8 Å². The lowest BCUT2D eigenvalue weighted by Crippen LogP contribution is -2.50. The molecule has 6 nitrogen and oxygen atoms in total. The van der Waals surface area contributed by atoms with E-state index in [1.807, 2.05) is 23.8 Å². The summed E-state index contributed by atoms with van der Waals surface area (Å²) in [6, 6.07) is -0.0283. The Balaban J connectivity index is 2.37. The van der Waals surface area contributed by atoms with Crippen molar-refractivity contribution in [1.29, 1.82) is 0 Å². The monoisotopic (exact) mass is 272 g/mol. The molecule has 0 radical (unpaired) electrons. The van der Waals surface area contributed by atoms with E-state index in [1.165, 1.54) is 0 Å². The zero-order valence-corrected chi connectivity index (χ0v) is 10.7. The van der Waals surface area contributed by atoms with Gasteiger partial charge in [-0.2, -0.15) is 11.3 Å². The van der Waals surface area contributed by atoms with Gasteiger partial charge in [0.25, 0.3) is 0 Å². The normalized spacial score (nSPS) is 13.7. The number of hydrogen-bond acceptors (Lipinski definition) is 4. The fraction of sp³-hybridized carbons (Fsp3) is 0.455. The van der Waals surface area contributed by atoms with Gasteiger partial charge in [0.2, 0.25) is 0 Å². The topological polar surface area (TPSA) is 98.7 Å². The summed E-state index contributed by atoms with van der Waals surface area (Å²) in [6.07, 6.45) is 0.674. The smallest absolute Gasteiger partial charge is 0.328 e. The van der Waals surface area contributed by atoms with Crippen LogP contribution in [0.2, 0.25) is 0 Å². The van der Waals surface area contributed by atoms with Crippen molar-refractivity contribution in [1.82, 2.24) is 10.6 Å².